The average Bonchev–Trinajstić information content (AvgIpc) is 3.60. The predicted molar refractivity (Wildman–Crippen MR) is 193 cm³/mol. The molecule has 0 radical (unpaired) electrons. The molecule has 1 nitrogen and oxygen atoms in total. The van der Waals surface area contributed by atoms with Gasteiger partial charge in [-0.05, 0) is 93.0 Å². The van der Waals surface area contributed by atoms with Gasteiger partial charge in [-0.3, -0.25) is 0 Å². The summed E-state index contributed by atoms with van der Waals surface area (Å²) in [4.78, 5) is 5.02. The monoisotopic (exact) mass is 595 g/mol. The summed E-state index contributed by atoms with van der Waals surface area (Å²) in [7, 11) is 0. The first-order chi connectivity index (χ1) is 22.1. The van der Waals surface area contributed by atoms with Crippen molar-refractivity contribution in [2.24, 2.45) is 0 Å². The minimum absolute atomic E-state index is 0.193. The van der Waals surface area contributed by atoms with Gasteiger partial charge in [0.1, 0.15) is 0 Å². The van der Waals surface area contributed by atoms with E-state index in [2.05, 4.69) is 183 Å². The molecule has 2 heterocycles. The van der Waals surface area contributed by atoms with Gasteiger partial charge in [-0.2, -0.15) is 0 Å². The molecule has 0 saturated heterocycles. The number of rotatable bonds is 5. The van der Waals surface area contributed by atoms with Crippen molar-refractivity contribution in [2.45, 2.75) is 19.3 Å². The van der Waals surface area contributed by atoms with Gasteiger partial charge in [0.05, 0.1) is 11.4 Å². The van der Waals surface area contributed by atoms with E-state index in [1.165, 1.54) is 65.6 Å². The highest BCUT2D eigenvalue weighted by molar-refractivity contribution is 7.18. The lowest BCUT2D eigenvalue weighted by Crippen LogP contribution is -2.30. The van der Waals surface area contributed by atoms with Crippen LogP contribution in [-0.4, -0.2) is 0 Å². The Labute approximate surface area is 269 Å². The zero-order valence-corrected chi connectivity index (χ0v) is 26.3. The molecule has 1 aromatic heterocycles. The minimum atomic E-state index is -0.193. The number of benzene rings is 6. The Balaban J connectivity index is 1.25. The fraction of sp³-hybridized carbons (Fsp3) is 0.0698. The summed E-state index contributed by atoms with van der Waals surface area (Å²) in [6.45, 7) is 4.74. The van der Waals surface area contributed by atoms with Crippen LogP contribution in [0, 0.1) is 0 Å². The minimum Gasteiger partial charge on any atom is -0.310 e. The van der Waals surface area contributed by atoms with Crippen molar-refractivity contribution in [1.82, 2.24) is 0 Å². The molecule has 0 fully saturated rings. The highest BCUT2D eigenvalue weighted by atomic mass is 32.1. The van der Waals surface area contributed by atoms with E-state index in [-0.39, 0.29) is 5.41 Å². The molecule has 0 spiro atoms. The van der Waals surface area contributed by atoms with Crippen molar-refractivity contribution in [3.05, 3.63) is 175 Å². The Morgan fingerprint density at radius 2 is 0.800 bits per heavy atom. The van der Waals surface area contributed by atoms with Crippen molar-refractivity contribution >= 4 is 28.4 Å². The third-order valence-electron chi connectivity index (χ3n) is 9.11. The van der Waals surface area contributed by atoms with Crippen LogP contribution in [-0.2, 0) is 5.41 Å². The Kier molecular flexibility index (Phi) is 6.73. The number of fused-ring (bicyclic) bond motifs is 2. The summed E-state index contributed by atoms with van der Waals surface area (Å²) in [5, 5.41) is 0. The van der Waals surface area contributed by atoms with Crippen LogP contribution in [0.15, 0.2) is 164 Å². The lowest BCUT2D eigenvalue weighted by Gasteiger charge is -2.42. The van der Waals surface area contributed by atoms with Crippen molar-refractivity contribution in [2.75, 3.05) is 4.90 Å². The summed E-state index contributed by atoms with van der Waals surface area (Å²) in [5.74, 6) is 0. The smallest absolute Gasteiger partial charge is 0.0503 e. The van der Waals surface area contributed by atoms with E-state index >= 15 is 0 Å². The largest absolute Gasteiger partial charge is 0.310 e. The van der Waals surface area contributed by atoms with Crippen molar-refractivity contribution in [1.29, 1.82) is 0 Å². The lowest BCUT2D eigenvalue weighted by molar-refractivity contribution is 0.632. The van der Waals surface area contributed by atoms with Crippen molar-refractivity contribution in [3.8, 4) is 43.1 Å². The SMILES string of the molecule is CC1(C)c2cc(-c3ccccc3)ccc2N(c2ccc(-c3ccc(-c4ccccc4)s3)cc2)c2ccc(-c3ccccc3)cc21. The highest BCUT2D eigenvalue weighted by Gasteiger charge is 2.37. The first-order valence-electron chi connectivity index (χ1n) is 15.5. The van der Waals surface area contributed by atoms with Crippen LogP contribution in [0.25, 0.3) is 43.1 Å². The van der Waals surface area contributed by atoms with E-state index in [1.54, 1.807) is 0 Å². The maximum absolute atomic E-state index is 2.45. The van der Waals surface area contributed by atoms with Crippen LogP contribution in [0.5, 0.6) is 0 Å². The molecule has 0 N–H and O–H groups in total. The Hall–Kier alpha value is -5.18. The van der Waals surface area contributed by atoms with Crippen LogP contribution in [0.4, 0.5) is 17.1 Å². The molecule has 0 amide bonds. The molecule has 7 aromatic rings. The van der Waals surface area contributed by atoms with Gasteiger partial charge in [-0.15, -0.1) is 11.3 Å². The van der Waals surface area contributed by atoms with Gasteiger partial charge in [-0.25, -0.2) is 0 Å². The average molecular weight is 596 g/mol. The Bertz CT molecular complexity index is 2010. The second kappa shape index (κ2) is 11.1. The third-order valence-corrected chi connectivity index (χ3v) is 10.3. The zero-order valence-electron chi connectivity index (χ0n) is 25.4. The van der Waals surface area contributed by atoms with Crippen LogP contribution in [0.3, 0.4) is 0 Å². The molecule has 45 heavy (non-hydrogen) atoms. The Morgan fingerprint density at radius 1 is 0.400 bits per heavy atom. The van der Waals surface area contributed by atoms with Gasteiger partial charge in [0, 0.05) is 20.9 Å². The van der Waals surface area contributed by atoms with Crippen LogP contribution in [0.1, 0.15) is 25.0 Å². The summed E-state index contributed by atoms with van der Waals surface area (Å²) in [6, 6.07) is 59.6. The van der Waals surface area contributed by atoms with Crippen molar-refractivity contribution in [3.63, 3.8) is 0 Å². The van der Waals surface area contributed by atoms with Crippen LogP contribution < -0.4 is 4.90 Å². The first kappa shape index (κ1) is 27.4. The van der Waals surface area contributed by atoms with E-state index in [0.29, 0.717) is 0 Å². The highest BCUT2D eigenvalue weighted by Crippen LogP contribution is 2.53. The van der Waals surface area contributed by atoms with Gasteiger partial charge >= 0.3 is 0 Å². The summed E-state index contributed by atoms with van der Waals surface area (Å²) in [6.07, 6.45) is 0. The van der Waals surface area contributed by atoms with E-state index in [0.717, 1.165) is 5.69 Å². The quantitative estimate of drug-likeness (QED) is 0.191. The maximum Gasteiger partial charge on any atom is 0.0503 e. The second-order valence-electron chi connectivity index (χ2n) is 12.2. The number of nitrogens with zero attached hydrogens (tertiary/aromatic N) is 1. The molecule has 216 valence electrons. The van der Waals surface area contributed by atoms with Gasteiger partial charge in [0.2, 0.25) is 0 Å². The van der Waals surface area contributed by atoms with Gasteiger partial charge in [0.25, 0.3) is 0 Å². The number of hydrogen-bond donors (Lipinski definition) is 0. The van der Waals surface area contributed by atoms with E-state index in [9.17, 15) is 0 Å². The third kappa shape index (κ3) is 4.88. The normalized spacial score (nSPS) is 13.2. The molecule has 0 unspecified atom stereocenters. The predicted octanol–water partition coefficient (Wildman–Crippen LogP) is 12.5. The number of anilines is 3. The summed E-state index contributed by atoms with van der Waals surface area (Å²) < 4.78 is 0. The van der Waals surface area contributed by atoms with E-state index in [4.69, 9.17) is 0 Å². The number of thiophene rings is 1. The number of hydrogen-bond acceptors (Lipinski definition) is 2. The molecule has 2 heteroatoms. The van der Waals surface area contributed by atoms with E-state index in [1.807, 2.05) is 11.3 Å². The molecule has 0 saturated carbocycles. The van der Waals surface area contributed by atoms with Crippen LogP contribution in [0.2, 0.25) is 0 Å². The van der Waals surface area contributed by atoms with Crippen molar-refractivity contribution < 1.29 is 0 Å². The van der Waals surface area contributed by atoms with Gasteiger partial charge < -0.3 is 4.90 Å². The van der Waals surface area contributed by atoms with E-state index < -0.39 is 0 Å². The fourth-order valence-corrected chi connectivity index (χ4v) is 7.68. The Morgan fingerprint density at radius 3 is 1.27 bits per heavy atom. The fourth-order valence-electron chi connectivity index (χ4n) is 6.66. The topological polar surface area (TPSA) is 3.24 Å². The molecule has 0 atom stereocenters. The van der Waals surface area contributed by atoms with Gasteiger partial charge in [0.15, 0.2) is 0 Å². The molecular weight excluding hydrogens is 563 g/mol. The molecule has 0 aliphatic carbocycles. The molecule has 1 aliphatic rings. The molecule has 6 aromatic carbocycles. The molecule has 0 bridgehead atoms. The van der Waals surface area contributed by atoms with Crippen LogP contribution >= 0.6 is 11.3 Å². The zero-order chi connectivity index (χ0) is 30.4. The molecule has 1 aliphatic heterocycles. The second-order valence-corrected chi connectivity index (χ2v) is 13.3. The molecule has 8 rings (SSSR count). The standard InChI is InChI=1S/C43H33NS/c1-43(2)37-28-34(30-12-6-3-7-13-30)20-24-39(37)44(40-25-21-35(29-38(40)43)31-14-8-4-9-15-31)36-22-18-33(19-23-36)42-27-26-41(45-42)32-16-10-5-11-17-32/h3-29H,1-2H3. The lowest BCUT2D eigenvalue weighted by atomic mass is 9.72. The van der Waals surface area contributed by atoms with Gasteiger partial charge in [-0.1, -0.05) is 129 Å². The maximum atomic E-state index is 2.45. The summed E-state index contributed by atoms with van der Waals surface area (Å²) >= 11 is 1.84. The molecular formula is C43H33NS. The summed E-state index contributed by atoms with van der Waals surface area (Å²) in [5.41, 5.74) is 13.6. The first-order valence-corrected chi connectivity index (χ1v) is 16.3.